The number of benzene rings is 2. The third kappa shape index (κ3) is 4.43. The molecule has 0 saturated carbocycles. The topological polar surface area (TPSA) is 51.2 Å². The van der Waals surface area contributed by atoms with Gasteiger partial charge in [0.1, 0.15) is 0 Å². The highest BCUT2D eigenvalue weighted by atomic mass is 16.7. The summed E-state index contributed by atoms with van der Waals surface area (Å²) in [6.45, 7) is 1.93. The fourth-order valence-corrected chi connectivity index (χ4v) is 3.94. The maximum Gasteiger partial charge on any atom is 0.231 e. The van der Waals surface area contributed by atoms with Crippen LogP contribution in [0.3, 0.4) is 0 Å². The number of nitrogens with zero attached hydrogens (tertiary/aromatic N) is 1. The van der Waals surface area contributed by atoms with Gasteiger partial charge >= 0.3 is 0 Å². The molecule has 0 saturated heterocycles. The predicted octanol–water partition coefficient (Wildman–Crippen LogP) is 3.30. The number of hydrogen-bond acceptors (Lipinski definition) is 5. The number of likely N-dealkylation sites (N-methyl/N-ethyl adjacent to an activating group) is 1. The monoisotopic (exact) mass is 369 g/mol. The second-order valence-corrected chi connectivity index (χ2v) is 7.45. The van der Waals surface area contributed by atoms with Crippen LogP contribution in [0.2, 0.25) is 0 Å². The SMILES string of the molecule is CN(Cc1ccc2c(c1)OCO2)C[C@H](O)CO[C@@H]1CCCc2ccccc21. The third-order valence-electron chi connectivity index (χ3n) is 5.22. The Morgan fingerprint density at radius 3 is 2.96 bits per heavy atom. The highest BCUT2D eigenvalue weighted by Gasteiger charge is 2.21. The molecular weight excluding hydrogens is 342 g/mol. The summed E-state index contributed by atoms with van der Waals surface area (Å²) >= 11 is 0. The molecule has 0 unspecified atom stereocenters. The Kier molecular flexibility index (Phi) is 5.62. The molecule has 2 atom stereocenters. The van der Waals surface area contributed by atoms with E-state index in [0.29, 0.717) is 13.2 Å². The molecule has 0 radical (unpaired) electrons. The lowest BCUT2D eigenvalue weighted by atomic mass is 9.89. The van der Waals surface area contributed by atoms with Crippen molar-refractivity contribution < 1.29 is 19.3 Å². The van der Waals surface area contributed by atoms with E-state index >= 15 is 0 Å². The Balaban J connectivity index is 1.26. The van der Waals surface area contributed by atoms with Gasteiger partial charge in [0.25, 0.3) is 0 Å². The van der Waals surface area contributed by atoms with Crippen LogP contribution in [0.25, 0.3) is 0 Å². The molecule has 2 aromatic rings. The van der Waals surface area contributed by atoms with Gasteiger partial charge < -0.3 is 19.3 Å². The van der Waals surface area contributed by atoms with E-state index in [0.717, 1.165) is 42.9 Å². The number of aliphatic hydroxyl groups is 1. The molecule has 0 bridgehead atoms. The average molecular weight is 369 g/mol. The predicted molar refractivity (Wildman–Crippen MR) is 103 cm³/mol. The summed E-state index contributed by atoms with van der Waals surface area (Å²) < 4.78 is 16.8. The maximum atomic E-state index is 10.4. The second-order valence-electron chi connectivity index (χ2n) is 7.45. The van der Waals surface area contributed by atoms with Crippen LogP contribution < -0.4 is 9.47 Å². The Labute approximate surface area is 160 Å². The largest absolute Gasteiger partial charge is 0.454 e. The van der Waals surface area contributed by atoms with E-state index in [4.69, 9.17) is 14.2 Å². The van der Waals surface area contributed by atoms with Crippen LogP contribution in [0.5, 0.6) is 11.5 Å². The van der Waals surface area contributed by atoms with Gasteiger partial charge in [-0.3, -0.25) is 4.90 Å². The Bertz CT molecular complexity index is 779. The van der Waals surface area contributed by atoms with E-state index in [2.05, 4.69) is 29.2 Å². The summed E-state index contributed by atoms with van der Waals surface area (Å²) in [4.78, 5) is 2.10. The van der Waals surface area contributed by atoms with Crippen molar-refractivity contribution in [3.05, 3.63) is 59.2 Å². The number of aliphatic hydroxyl groups excluding tert-OH is 1. The van der Waals surface area contributed by atoms with Crippen LogP contribution >= 0.6 is 0 Å². The van der Waals surface area contributed by atoms with Gasteiger partial charge in [0.05, 0.1) is 18.8 Å². The zero-order valence-electron chi connectivity index (χ0n) is 15.8. The van der Waals surface area contributed by atoms with Crippen molar-refractivity contribution in [3.8, 4) is 11.5 Å². The van der Waals surface area contributed by atoms with Gasteiger partial charge in [-0.2, -0.15) is 0 Å². The van der Waals surface area contributed by atoms with Gasteiger partial charge in [-0.25, -0.2) is 0 Å². The number of fused-ring (bicyclic) bond motifs is 2. The average Bonchev–Trinajstić information content (AvgIpc) is 3.14. The molecule has 144 valence electrons. The first-order valence-corrected chi connectivity index (χ1v) is 9.63. The lowest BCUT2D eigenvalue weighted by Gasteiger charge is -2.27. The van der Waals surface area contributed by atoms with Crippen molar-refractivity contribution in [2.75, 3.05) is 27.0 Å². The third-order valence-corrected chi connectivity index (χ3v) is 5.22. The molecule has 1 N–H and O–H groups in total. The fraction of sp³-hybridized carbons (Fsp3) is 0.455. The molecule has 1 aliphatic heterocycles. The molecule has 4 rings (SSSR count). The Morgan fingerprint density at radius 2 is 2.04 bits per heavy atom. The second kappa shape index (κ2) is 8.30. The molecule has 5 heteroatoms. The highest BCUT2D eigenvalue weighted by Crippen LogP contribution is 2.33. The summed E-state index contributed by atoms with van der Waals surface area (Å²) in [6, 6.07) is 14.5. The van der Waals surface area contributed by atoms with Crippen molar-refractivity contribution in [1.82, 2.24) is 4.90 Å². The summed E-state index contributed by atoms with van der Waals surface area (Å²) in [7, 11) is 2.00. The van der Waals surface area contributed by atoms with Gasteiger partial charge in [0.2, 0.25) is 6.79 Å². The lowest BCUT2D eigenvalue weighted by molar-refractivity contribution is -0.0265. The minimum Gasteiger partial charge on any atom is -0.454 e. The van der Waals surface area contributed by atoms with E-state index in [-0.39, 0.29) is 12.9 Å². The van der Waals surface area contributed by atoms with E-state index in [9.17, 15) is 5.11 Å². The Morgan fingerprint density at radius 1 is 1.19 bits per heavy atom. The van der Waals surface area contributed by atoms with Crippen LogP contribution in [0.4, 0.5) is 0 Å². The first kappa shape index (κ1) is 18.3. The summed E-state index contributed by atoms with van der Waals surface area (Å²) in [5, 5.41) is 10.4. The molecule has 0 fully saturated rings. The van der Waals surface area contributed by atoms with Gasteiger partial charge in [-0.05, 0) is 55.1 Å². The molecule has 2 aliphatic rings. The molecule has 1 heterocycles. The summed E-state index contributed by atoms with van der Waals surface area (Å²) in [5.41, 5.74) is 3.80. The van der Waals surface area contributed by atoms with E-state index < -0.39 is 6.10 Å². The van der Waals surface area contributed by atoms with Crippen molar-refractivity contribution in [2.24, 2.45) is 0 Å². The molecule has 5 nitrogen and oxygen atoms in total. The smallest absolute Gasteiger partial charge is 0.231 e. The fourth-order valence-electron chi connectivity index (χ4n) is 3.94. The lowest BCUT2D eigenvalue weighted by Crippen LogP contribution is -2.32. The molecule has 0 amide bonds. The minimum atomic E-state index is -0.516. The van der Waals surface area contributed by atoms with Crippen LogP contribution in [0.1, 0.15) is 35.6 Å². The number of ether oxygens (including phenoxy) is 3. The van der Waals surface area contributed by atoms with E-state index in [1.807, 2.05) is 25.2 Å². The van der Waals surface area contributed by atoms with Gasteiger partial charge in [0.15, 0.2) is 11.5 Å². The van der Waals surface area contributed by atoms with E-state index in [1.54, 1.807) is 0 Å². The van der Waals surface area contributed by atoms with Gasteiger partial charge in [-0.15, -0.1) is 0 Å². The molecule has 2 aromatic carbocycles. The summed E-state index contributed by atoms with van der Waals surface area (Å²) in [5.74, 6) is 1.59. The highest BCUT2D eigenvalue weighted by molar-refractivity contribution is 5.44. The van der Waals surface area contributed by atoms with Crippen LogP contribution in [0.15, 0.2) is 42.5 Å². The zero-order valence-corrected chi connectivity index (χ0v) is 15.8. The van der Waals surface area contributed by atoms with Crippen LogP contribution in [-0.2, 0) is 17.7 Å². The maximum absolute atomic E-state index is 10.4. The first-order chi connectivity index (χ1) is 13.2. The van der Waals surface area contributed by atoms with Crippen LogP contribution in [-0.4, -0.2) is 43.1 Å². The normalized spacial score (nSPS) is 19.1. The first-order valence-electron chi connectivity index (χ1n) is 9.63. The van der Waals surface area contributed by atoms with Crippen molar-refractivity contribution in [2.45, 2.75) is 38.0 Å². The number of hydrogen-bond donors (Lipinski definition) is 1. The molecule has 0 aromatic heterocycles. The summed E-state index contributed by atoms with van der Waals surface area (Å²) in [6.07, 6.45) is 2.87. The standard InChI is InChI=1S/C22H27NO4/c1-23(12-16-9-10-21-22(11-16)27-15-26-21)13-18(24)14-25-20-8-4-6-17-5-2-3-7-19(17)20/h2-3,5,7,9-11,18,20,24H,4,6,8,12-15H2,1H3/t18-,20+/m0/s1. The minimum absolute atomic E-state index is 0.101. The zero-order chi connectivity index (χ0) is 18.6. The Hall–Kier alpha value is -2.08. The molecular formula is C22H27NO4. The number of aryl methyl sites for hydroxylation is 1. The van der Waals surface area contributed by atoms with Crippen molar-refractivity contribution in [3.63, 3.8) is 0 Å². The van der Waals surface area contributed by atoms with Gasteiger partial charge in [-0.1, -0.05) is 30.3 Å². The molecule has 0 spiro atoms. The quantitative estimate of drug-likeness (QED) is 0.812. The van der Waals surface area contributed by atoms with Crippen LogP contribution in [0, 0.1) is 0 Å². The van der Waals surface area contributed by atoms with E-state index in [1.165, 1.54) is 11.1 Å². The number of rotatable bonds is 7. The van der Waals surface area contributed by atoms with Crippen molar-refractivity contribution in [1.29, 1.82) is 0 Å². The molecule has 27 heavy (non-hydrogen) atoms. The van der Waals surface area contributed by atoms with Gasteiger partial charge in [0, 0.05) is 13.1 Å². The molecule has 1 aliphatic carbocycles. The van der Waals surface area contributed by atoms with Crippen molar-refractivity contribution >= 4 is 0 Å².